The van der Waals surface area contributed by atoms with Crippen molar-refractivity contribution in [2.75, 3.05) is 26.9 Å². The van der Waals surface area contributed by atoms with E-state index in [-0.39, 0.29) is 19.3 Å². The van der Waals surface area contributed by atoms with Gasteiger partial charge < -0.3 is 19.1 Å². The van der Waals surface area contributed by atoms with Crippen LogP contribution in [0.2, 0.25) is 5.02 Å². The number of likely N-dealkylation sites (tertiary alicyclic amines) is 1. The fourth-order valence-corrected chi connectivity index (χ4v) is 8.78. The van der Waals surface area contributed by atoms with Crippen molar-refractivity contribution < 1.29 is 14.2 Å². The number of hydrogen-bond donors (Lipinski definition) is 0. The number of rotatable bonds is 14. The van der Waals surface area contributed by atoms with Gasteiger partial charge in [0.25, 0.3) is 5.88 Å². The summed E-state index contributed by atoms with van der Waals surface area (Å²) in [5, 5.41) is 3.06. The van der Waals surface area contributed by atoms with Gasteiger partial charge in [0.15, 0.2) is 11.6 Å². The zero-order chi connectivity index (χ0) is 29.5. The number of hydrogen-bond acceptors (Lipinski definition) is 6. The molecule has 1 atom stereocenters. The van der Waals surface area contributed by atoms with Crippen molar-refractivity contribution in [3.05, 3.63) is 52.4 Å². The molecule has 8 heteroatoms. The summed E-state index contributed by atoms with van der Waals surface area (Å²) in [6.45, 7) is 14.0. The third-order valence-corrected chi connectivity index (χ3v) is 11.3. The molecule has 0 radical (unpaired) electrons. The van der Waals surface area contributed by atoms with Gasteiger partial charge in [-0.25, -0.2) is 4.99 Å². The first-order valence-corrected chi connectivity index (χ1v) is 18.0. The molecule has 1 unspecified atom stereocenters. The van der Waals surface area contributed by atoms with E-state index < -0.39 is 0 Å². The monoisotopic (exact) mass is 606 g/mol. The lowest BCUT2D eigenvalue weighted by atomic mass is 10.1. The van der Waals surface area contributed by atoms with Crippen LogP contribution in [-0.2, 0) is 20.6 Å². The average Bonchev–Trinajstić information content (AvgIpc) is 3.74. The Kier molecular flexibility index (Phi) is 16.0. The molecule has 0 bridgehead atoms. The Balaban J connectivity index is 0.00000178. The molecular weight excluding hydrogens is 559 g/mol. The third-order valence-electron chi connectivity index (χ3n) is 6.35. The molecule has 2 fully saturated rings. The van der Waals surface area contributed by atoms with Crippen molar-refractivity contribution in [1.82, 2.24) is 4.90 Å². The van der Waals surface area contributed by atoms with Crippen molar-refractivity contribution in [2.24, 2.45) is 4.99 Å². The molecule has 1 saturated carbocycles. The maximum absolute atomic E-state index is 6.71. The van der Waals surface area contributed by atoms with Crippen LogP contribution in [0.15, 0.2) is 46.8 Å². The van der Waals surface area contributed by atoms with Crippen molar-refractivity contribution in [3.8, 4) is 12.3 Å². The SMILES string of the molecule is C#CC.C/C=N\C(OC1CCN(/C(=C\CC)OC(C)C)CC1)=C(/CCc1ccc(P(C)SC2CC2)cc1Cl)OC. The second kappa shape index (κ2) is 18.6. The summed E-state index contributed by atoms with van der Waals surface area (Å²) in [4.78, 5) is 6.87. The lowest BCUT2D eigenvalue weighted by Gasteiger charge is -2.35. The minimum absolute atomic E-state index is 0.0951. The van der Waals surface area contributed by atoms with E-state index in [0.29, 0.717) is 12.3 Å². The molecule has 5 nitrogen and oxygen atoms in total. The van der Waals surface area contributed by atoms with Crippen molar-refractivity contribution >= 4 is 41.6 Å². The number of aliphatic imine (C=N–C) groups is 1. The molecule has 222 valence electrons. The molecular formula is C32H48ClN2O3PS. The first-order valence-electron chi connectivity index (χ1n) is 14.4. The minimum atomic E-state index is -0.202. The van der Waals surface area contributed by atoms with E-state index in [1.165, 1.54) is 18.1 Å². The highest BCUT2D eigenvalue weighted by Crippen LogP contribution is 2.54. The number of piperidine rings is 1. The van der Waals surface area contributed by atoms with Gasteiger partial charge in [-0.05, 0) is 90.2 Å². The van der Waals surface area contributed by atoms with Crippen molar-refractivity contribution in [3.63, 3.8) is 0 Å². The molecule has 2 aliphatic rings. The van der Waals surface area contributed by atoms with E-state index in [1.807, 2.05) is 6.92 Å². The number of allylic oxidation sites excluding steroid dienone is 2. The third kappa shape index (κ3) is 12.0. The minimum Gasteiger partial charge on any atom is -0.495 e. The van der Waals surface area contributed by atoms with E-state index in [2.05, 4.69) is 85.3 Å². The fraction of sp³-hybridized carbons (Fsp3) is 0.594. The second-order valence-corrected chi connectivity index (χ2v) is 15.2. The average molecular weight is 607 g/mol. The maximum Gasteiger partial charge on any atom is 0.252 e. The molecule has 0 N–H and O–H groups in total. The van der Waals surface area contributed by atoms with E-state index in [0.717, 1.165) is 66.3 Å². The van der Waals surface area contributed by atoms with Gasteiger partial charge >= 0.3 is 0 Å². The number of nitrogens with zero attached hydrogens (tertiary/aromatic N) is 2. The standard InChI is InChI=1S/C29H44ClN2O3PS.C3H4/c1-7-9-28(34-21(3)4)32-18-16-23(17-19-32)35-29(31-8-2)27(33-5)15-11-22-10-12-24(20-26(22)30)36(6)37-25-13-14-25;1-3-2/h8-10,12,20-21,23,25H,7,11,13-19H2,1-6H3;1H,2H3/b28-9+,29-27-,31-8-;. The van der Waals surface area contributed by atoms with Gasteiger partial charge in [-0.15, -0.1) is 23.7 Å². The van der Waals surface area contributed by atoms with E-state index >= 15 is 0 Å². The highest BCUT2D eigenvalue weighted by Gasteiger charge is 2.26. The van der Waals surface area contributed by atoms with Crippen LogP contribution in [0, 0.1) is 12.3 Å². The zero-order valence-electron chi connectivity index (χ0n) is 25.4. The molecule has 1 aromatic rings. The Hall–Kier alpha value is -1.80. The van der Waals surface area contributed by atoms with Gasteiger partial charge in [-0.3, -0.25) is 0 Å². The first kappa shape index (κ1) is 34.4. The topological polar surface area (TPSA) is 43.3 Å². The zero-order valence-corrected chi connectivity index (χ0v) is 27.9. The summed E-state index contributed by atoms with van der Waals surface area (Å²) >= 11 is 8.83. The van der Waals surface area contributed by atoms with Crippen molar-refractivity contribution in [2.45, 2.75) is 97.0 Å². The quantitative estimate of drug-likeness (QED) is 0.0919. The highest BCUT2D eigenvalue weighted by atomic mass is 35.5. The van der Waals surface area contributed by atoms with Crippen LogP contribution in [0.4, 0.5) is 0 Å². The molecule has 0 amide bonds. The first-order chi connectivity index (χ1) is 19.3. The van der Waals surface area contributed by atoms with E-state index in [1.54, 1.807) is 20.2 Å². The molecule has 40 heavy (non-hydrogen) atoms. The van der Waals surface area contributed by atoms with Gasteiger partial charge in [-0.2, -0.15) is 0 Å². The fourth-order valence-electron chi connectivity index (χ4n) is 4.24. The van der Waals surface area contributed by atoms with E-state index in [4.69, 9.17) is 25.8 Å². The summed E-state index contributed by atoms with van der Waals surface area (Å²) in [5.41, 5.74) is 1.13. The normalized spacial score (nSPS) is 17.6. The smallest absolute Gasteiger partial charge is 0.252 e. The highest BCUT2D eigenvalue weighted by molar-refractivity contribution is 8.58. The van der Waals surface area contributed by atoms with Crippen molar-refractivity contribution in [1.29, 1.82) is 0 Å². The maximum atomic E-state index is 6.71. The predicted octanol–water partition coefficient (Wildman–Crippen LogP) is 8.52. The Morgan fingerprint density at radius 2 is 1.95 bits per heavy atom. The van der Waals surface area contributed by atoms with Crippen LogP contribution in [0.25, 0.3) is 0 Å². The predicted molar refractivity (Wildman–Crippen MR) is 176 cm³/mol. The number of benzene rings is 1. The molecule has 0 aromatic heterocycles. The van der Waals surface area contributed by atoms with Crippen LogP contribution in [-0.4, -0.2) is 55.4 Å². The molecule has 1 aliphatic heterocycles. The molecule has 3 rings (SSSR count). The molecule has 1 aliphatic carbocycles. The van der Waals surface area contributed by atoms with Crippen LogP contribution < -0.4 is 5.30 Å². The number of methoxy groups -OCH3 is 1. The summed E-state index contributed by atoms with van der Waals surface area (Å²) < 4.78 is 18.2. The lowest BCUT2D eigenvalue weighted by molar-refractivity contribution is 0.0128. The number of ether oxygens (including phenoxy) is 3. The molecule has 0 spiro atoms. The Morgan fingerprint density at radius 3 is 2.48 bits per heavy atom. The van der Waals surface area contributed by atoms with Crippen LogP contribution in [0.3, 0.4) is 0 Å². The van der Waals surface area contributed by atoms with Gasteiger partial charge in [0.2, 0.25) is 0 Å². The van der Waals surface area contributed by atoms with Crippen LogP contribution in [0.1, 0.15) is 78.7 Å². The number of aryl methyl sites for hydroxylation is 1. The van der Waals surface area contributed by atoms with Gasteiger partial charge in [0.1, 0.15) is 6.10 Å². The summed E-state index contributed by atoms with van der Waals surface area (Å²) in [7, 11) is 1.49. The largest absolute Gasteiger partial charge is 0.495 e. The van der Waals surface area contributed by atoms with Gasteiger partial charge in [0, 0.05) is 48.8 Å². The summed E-state index contributed by atoms with van der Waals surface area (Å²) in [6.07, 6.45) is 15.8. The lowest BCUT2D eigenvalue weighted by Crippen LogP contribution is -2.37. The van der Waals surface area contributed by atoms with E-state index in [9.17, 15) is 0 Å². The molecule has 1 saturated heterocycles. The number of halogens is 1. The summed E-state index contributed by atoms with van der Waals surface area (Å²) in [5.74, 6) is 4.58. The Bertz CT molecular complexity index is 1040. The second-order valence-electron chi connectivity index (χ2n) is 10.1. The Labute approximate surface area is 253 Å². The van der Waals surface area contributed by atoms with Crippen LogP contribution >= 0.6 is 30.1 Å². The number of terminal acetylenes is 1. The molecule has 1 heterocycles. The van der Waals surface area contributed by atoms with Crippen LogP contribution in [0.5, 0.6) is 0 Å². The molecule has 1 aromatic carbocycles. The van der Waals surface area contributed by atoms with Gasteiger partial charge in [-0.1, -0.05) is 30.7 Å². The summed E-state index contributed by atoms with van der Waals surface area (Å²) in [6, 6.07) is 6.59. The van der Waals surface area contributed by atoms with Gasteiger partial charge in [0.05, 0.1) is 13.2 Å². The Morgan fingerprint density at radius 1 is 1.27 bits per heavy atom.